The molecule has 5 nitrogen and oxygen atoms in total. The Bertz CT molecular complexity index is 605. The highest BCUT2D eigenvalue weighted by Gasteiger charge is 2.44. The summed E-state index contributed by atoms with van der Waals surface area (Å²) in [5.74, 6) is 0.0592. The number of halogens is 1. The maximum Gasteiger partial charge on any atom is 0.221 e. The highest BCUT2D eigenvalue weighted by Crippen LogP contribution is 2.47. The zero-order chi connectivity index (χ0) is 14.7. The topological polar surface area (TPSA) is 59.8 Å². The number of rotatable bonds is 6. The summed E-state index contributed by atoms with van der Waals surface area (Å²) in [5, 5.41) is 11.2. The van der Waals surface area contributed by atoms with E-state index in [1.165, 1.54) is 5.56 Å². The van der Waals surface area contributed by atoms with Gasteiger partial charge in [0.1, 0.15) is 12.7 Å². The number of aromatic nitrogens is 3. The summed E-state index contributed by atoms with van der Waals surface area (Å²) in [6, 6.07) is 7.92. The number of amides is 1. The minimum Gasteiger partial charge on any atom is -0.355 e. The predicted molar refractivity (Wildman–Crippen MR) is 80.0 cm³/mol. The molecule has 1 aliphatic rings. The molecule has 3 rings (SSSR count). The second-order valence-electron chi connectivity index (χ2n) is 5.51. The number of carbonyl (C=O) groups is 1. The number of nitrogens with one attached hydrogen (secondary N) is 1. The van der Waals surface area contributed by atoms with E-state index in [0.717, 1.165) is 17.9 Å². The van der Waals surface area contributed by atoms with Crippen LogP contribution in [0.5, 0.6) is 0 Å². The zero-order valence-electron chi connectivity index (χ0n) is 11.6. The third kappa shape index (κ3) is 3.42. The Hall–Kier alpha value is -1.88. The molecule has 1 N–H and O–H groups in total. The van der Waals surface area contributed by atoms with Crippen molar-refractivity contribution in [2.45, 2.75) is 31.2 Å². The van der Waals surface area contributed by atoms with Crippen LogP contribution in [0, 0.1) is 0 Å². The average Bonchev–Trinajstić information content (AvgIpc) is 3.10. The Kier molecular flexibility index (Phi) is 3.92. The molecule has 1 amide bonds. The van der Waals surface area contributed by atoms with E-state index in [1.54, 1.807) is 17.2 Å². The highest BCUT2D eigenvalue weighted by atomic mass is 35.5. The fourth-order valence-corrected chi connectivity index (χ4v) is 2.57. The Morgan fingerprint density at radius 3 is 2.52 bits per heavy atom. The van der Waals surface area contributed by atoms with Gasteiger partial charge in [0.2, 0.25) is 5.91 Å². The van der Waals surface area contributed by atoms with Crippen LogP contribution in [0.1, 0.15) is 24.8 Å². The molecule has 1 fully saturated rings. The first-order valence-corrected chi connectivity index (χ1v) is 7.41. The number of aryl methyl sites for hydroxylation is 1. The van der Waals surface area contributed by atoms with Crippen molar-refractivity contribution in [3.63, 3.8) is 0 Å². The van der Waals surface area contributed by atoms with Gasteiger partial charge in [0.15, 0.2) is 0 Å². The van der Waals surface area contributed by atoms with Gasteiger partial charge in [-0.15, -0.1) is 10.2 Å². The zero-order valence-corrected chi connectivity index (χ0v) is 12.4. The van der Waals surface area contributed by atoms with Gasteiger partial charge in [-0.05, 0) is 30.5 Å². The minimum atomic E-state index is 0.0592. The first-order valence-electron chi connectivity index (χ1n) is 7.03. The summed E-state index contributed by atoms with van der Waals surface area (Å²) in [6.45, 7) is 1.29. The molecule has 0 saturated heterocycles. The highest BCUT2D eigenvalue weighted by molar-refractivity contribution is 6.30. The molecule has 6 heteroatoms. The molecule has 0 unspecified atom stereocenters. The number of hydrogen-bond donors (Lipinski definition) is 1. The lowest BCUT2D eigenvalue weighted by Crippen LogP contribution is -2.32. The summed E-state index contributed by atoms with van der Waals surface area (Å²) in [4.78, 5) is 11.9. The molecular weight excluding hydrogens is 288 g/mol. The molecule has 110 valence electrons. The molecule has 0 aliphatic heterocycles. The lowest BCUT2D eigenvalue weighted by atomic mass is 9.96. The maximum atomic E-state index is 11.9. The van der Waals surface area contributed by atoms with Crippen molar-refractivity contribution in [2.75, 3.05) is 6.54 Å². The van der Waals surface area contributed by atoms with E-state index in [1.807, 2.05) is 12.1 Å². The summed E-state index contributed by atoms with van der Waals surface area (Å²) in [7, 11) is 0. The van der Waals surface area contributed by atoms with Gasteiger partial charge in [0, 0.05) is 29.9 Å². The molecule has 1 heterocycles. The van der Waals surface area contributed by atoms with Gasteiger partial charge in [-0.3, -0.25) is 4.79 Å². The van der Waals surface area contributed by atoms with Crippen molar-refractivity contribution < 1.29 is 4.79 Å². The lowest BCUT2D eigenvalue weighted by molar-refractivity contribution is -0.121. The third-order valence-corrected chi connectivity index (χ3v) is 4.25. The fraction of sp³-hybridized carbons (Fsp3) is 0.400. The average molecular weight is 305 g/mol. The number of carbonyl (C=O) groups excluding carboxylic acids is 1. The third-order valence-electron chi connectivity index (χ3n) is 4.00. The Labute approximate surface area is 128 Å². The van der Waals surface area contributed by atoms with Gasteiger partial charge < -0.3 is 9.88 Å². The minimum absolute atomic E-state index is 0.0592. The van der Waals surface area contributed by atoms with E-state index in [0.29, 0.717) is 19.5 Å². The van der Waals surface area contributed by atoms with Crippen LogP contribution in [-0.4, -0.2) is 27.2 Å². The monoisotopic (exact) mass is 304 g/mol. The smallest absolute Gasteiger partial charge is 0.221 e. The van der Waals surface area contributed by atoms with Crippen LogP contribution in [0.2, 0.25) is 5.02 Å². The van der Waals surface area contributed by atoms with E-state index >= 15 is 0 Å². The molecule has 2 aromatic rings. The van der Waals surface area contributed by atoms with Crippen molar-refractivity contribution in [1.29, 1.82) is 0 Å². The molecule has 0 spiro atoms. The Morgan fingerprint density at radius 1 is 1.24 bits per heavy atom. The quantitative estimate of drug-likeness (QED) is 0.890. The summed E-state index contributed by atoms with van der Waals surface area (Å²) < 4.78 is 1.80. The van der Waals surface area contributed by atoms with Crippen LogP contribution in [0.4, 0.5) is 0 Å². The maximum absolute atomic E-state index is 11.9. The van der Waals surface area contributed by atoms with Gasteiger partial charge in [-0.1, -0.05) is 23.7 Å². The van der Waals surface area contributed by atoms with Gasteiger partial charge in [-0.2, -0.15) is 0 Å². The van der Waals surface area contributed by atoms with Gasteiger partial charge in [0.25, 0.3) is 0 Å². The Balaban J connectivity index is 1.50. The second kappa shape index (κ2) is 5.85. The largest absolute Gasteiger partial charge is 0.355 e. The molecular formula is C15H17ClN4O. The second-order valence-corrected chi connectivity index (χ2v) is 5.95. The number of nitrogens with zero attached hydrogens (tertiary/aromatic N) is 3. The van der Waals surface area contributed by atoms with Crippen LogP contribution < -0.4 is 5.32 Å². The number of benzene rings is 1. The van der Waals surface area contributed by atoms with Crippen LogP contribution in [0.15, 0.2) is 36.9 Å². The van der Waals surface area contributed by atoms with Gasteiger partial charge >= 0.3 is 0 Å². The first kappa shape index (κ1) is 14.1. The van der Waals surface area contributed by atoms with Crippen LogP contribution in [0.25, 0.3) is 0 Å². The molecule has 1 aromatic heterocycles. The molecule has 0 atom stereocenters. The predicted octanol–water partition coefficient (Wildman–Crippen LogP) is 2.17. The number of hydrogen-bond acceptors (Lipinski definition) is 3. The summed E-state index contributed by atoms with van der Waals surface area (Å²) in [5.41, 5.74) is 1.36. The first-order chi connectivity index (χ1) is 10.2. The van der Waals surface area contributed by atoms with E-state index in [-0.39, 0.29) is 11.3 Å². The summed E-state index contributed by atoms with van der Waals surface area (Å²) >= 11 is 5.92. The van der Waals surface area contributed by atoms with E-state index in [9.17, 15) is 4.79 Å². The molecule has 1 aliphatic carbocycles. The molecule has 1 aromatic carbocycles. The van der Waals surface area contributed by atoms with E-state index in [4.69, 9.17) is 11.6 Å². The van der Waals surface area contributed by atoms with Crippen molar-refractivity contribution in [1.82, 2.24) is 20.1 Å². The SMILES string of the molecule is O=C(CCn1cnnc1)NCC1(c2ccc(Cl)cc2)CC1. The van der Waals surface area contributed by atoms with Crippen molar-refractivity contribution in [2.24, 2.45) is 0 Å². The van der Waals surface area contributed by atoms with E-state index < -0.39 is 0 Å². The van der Waals surface area contributed by atoms with Crippen molar-refractivity contribution in [3.05, 3.63) is 47.5 Å². The normalized spacial score (nSPS) is 15.7. The molecule has 0 radical (unpaired) electrons. The van der Waals surface area contributed by atoms with Crippen LogP contribution in [-0.2, 0) is 16.8 Å². The standard InChI is InChI=1S/C15H17ClN4O/c16-13-3-1-12(2-4-13)15(6-7-15)9-17-14(21)5-8-20-10-18-19-11-20/h1-4,10-11H,5-9H2,(H,17,21). The molecule has 21 heavy (non-hydrogen) atoms. The van der Waals surface area contributed by atoms with Crippen LogP contribution >= 0.6 is 11.6 Å². The van der Waals surface area contributed by atoms with E-state index in [2.05, 4.69) is 27.6 Å². The Morgan fingerprint density at radius 2 is 1.90 bits per heavy atom. The van der Waals surface area contributed by atoms with Crippen molar-refractivity contribution >= 4 is 17.5 Å². The van der Waals surface area contributed by atoms with Crippen molar-refractivity contribution in [3.8, 4) is 0 Å². The summed E-state index contributed by atoms with van der Waals surface area (Å²) in [6.07, 6.45) is 5.89. The molecule has 1 saturated carbocycles. The lowest BCUT2D eigenvalue weighted by Gasteiger charge is -2.16. The van der Waals surface area contributed by atoms with Gasteiger partial charge in [0.05, 0.1) is 0 Å². The molecule has 0 bridgehead atoms. The fourth-order valence-electron chi connectivity index (χ4n) is 2.45. The van der Waals surface area contributed by atoms with Crippen LogP contribution in [0.3, 0.4) is 0 Å². The van der Waals surface area contributed by atoms with Gasteiger partial charge in [-0.25, -0.2) is 0 Å².